The number of nitrogens with zero attached hydrogens (tertiary/aromatic N) is 1. The molecule has 3 unspecified atom stereocenters. The van der Waals surface area contributed by atoms with Gasteiger partial charge in [-0.1, -0.05) is 26.2 Å². The predicted molar refractivity (Wildman–Crippen MR) is 80.8 cm³/mol. The molecule has 1 aliphatic carbocycles. The molecule has 0 aromatic carbocycles. The summed E-state index contributed by atoms with van der Waals surface area (Å²) >= 11 is 0. The molecule has 1 saturated carbocycles. The number of hydrogen-bond donors (Lipinski definition) is 1. The van der Waals surface area contributed by atoms with Gasteiger partial charge < -0.3 is 15.0 Å². The van der Waals surface area contributed by atoms with Crippen LogP contribution in [0.25, 0.3) is 0 Å². The number of rotatable bonds is 5. The van der Waals surface area contributed by atoms with E-state index in [1.54, 1.807) is 7.11 Å². The van der Waals surface area contributed by atoms with Crippen molar-refractivity contribution in [1.82, 2.24) is 10.2 Å². The summed E-state index contributed by atoms with van der Waals surface area (Å²) in [5.74, 6) is 0.369. The van der Waals surface area contributed by atoms with E-state index < -0.39 is 0 Å². The number of nitrogens with one attached hydrogen (secondary N) is 1. The van der Waals surface area contributed by atoms with Crippen LogP contribution in [-0.2, 0) is 14.3 Å². The van der Waals surface area contributed by atoms with E-state index in [2.05, 4.69) is 5.32 Å². The van der Waals surface area contributed by atoms with Crippen molar-refractivity contribution in [1.29, 1.82) is 0 Å². The zero-order chi connectivity index (χ0) is 15.4. The van der Waals surface area contributed by atoms with E-state index in [9.17, 15) is 9.59 Å². The van der Waals surface area contributed by atoms with Gasteiger partial charge in [0.2, 0.25) is 11.8 Å². The van der Waals surface area contributed by atoms with Crippen LogP contribution in [-0.4, -0.2) is 48.6 Å². The van der Waals surface area contributed by atoms with Crippen molar-refractivity contribution in [3.8, 4) is 0 Å². The number of ether oxygens (including phenoxy) is 1. The highest BCUT2D eigenvalue weighted by Gasteiger charge is 2.45. The summed E-state index contributed by atoms with van der Waals surface area (Å²) in [6.45, 7) is 4.38. The van der Waals surface area contributed by atoms with Gasteiger partial charge in [-0.05, 0) is 32.1 Å². The summed E-state index contributed by atoms with van der Waals surface area (Å²) in [7, 11) is 1.64. The summed E-state index contributed by atoms with van der Waals surface area (Å²) in [4.78, 5) is 27.1. The Kier molecular flexibility index (Phi) is 5.62. The standard InChI is InChI=1S/C16H28N2O3/c1-4-13-16(20)18(11(2)10-21-3)14(15(19)17-13)12-8-6-5-7-9-12/h11-14H,4-10H2,1-3H3,(H,17,19). The molecule has 0 radical (unpaired) electrons. The molecule has 21 heavy (non-hydrogen) atoms. The first kappa shape index (κ1) is 16.3. The highest BCUT2D eigenvalue weighted by molar-refractivity contribution is 5.97. The lowest BCUT2D eigenvalue weighted by Gasteiger charge is -2.46. The number of amides is 2. The van der Waals surface area contributed by atoms with E-state index in [0.29, 0.717) is 18.9 Å². The molecule has 0 aromatic rings. The molecule has 1 N–H and O–H groups in total. The molecule has 2 amide bonds. The third kappa shape index (κ3) is 3.39. The van der Waals surface area contributed by atoms with Crippen molar-refractivity contribution >= 4 is 11.8 Å². The number of carbonyl (C=O) groups excluding carboxylic acids is 2. The molecule has 0 bridgehead atoms. The maximum atomic E-state index is 12.7. The maximum absolute atomic E-state index is 12.7. The molecule has 5 nitrogen and oxygen atoms in total. The Morgan fingerprint density at radius 1 is 1.29 bits per heavy atom. The minimum atomic E-state index is -0.378. The van der Waals surface area contributed by atoms with Crippen LogP contribution in [0.15, 0.2) is 0 Å². The second kappa shape index (κ2) is 7.25. The Labute approximate surface area is 127 Å². The van der Waals surface area contributed by atoms with Crippen LogP contribution in [0.1, 0.15) is 52.4 Å². The van der Waals surface area contributed by atoms with Gasteiger partial charge in [0.1, 0.15) is 12.1 Å². The van der Waals surface area contributed by atoms with Crippen LogP contribution in [0.4, 0.5) is 0 Å². The van der Waals surface area contributed by atoms with Crippen molar-refractivity contribution in [2.45, 2.75) is 70.5 Å². The van der Waals surface area contributed by atoms with Gasteiger partial charge in [-0.15, -0.1) is 0 Å². The van der Waals surface area contributed by atoms with E-state index in [4.69, 9.17) is 4.74 Å². The van der Waals surface area contributed by atoms with E-state index in [-0.39, 0.29) is 29.9 Å². The summed E-state index contributed by atoms with van der Waals surface area (Å²) in [5.41, 5.74) is 0. The molecule has 1 heterocycles. The first-order valence-electron chi connectivity index (χ1n) is 8.21. The molecule has 0 aromatic heterocycles. The molecular weight excluding hydrogens is 268 g/mol. The van der Waals surface area contributed by atoms with Crippen molar-refractivity contribution < 1.29 is 14.3 Å². The fraction of sp³-hybridized carbons (Fsp3) is 0.875. The van der Waals surface area contributed by atoms with Gasteiger partial charge >= 0.3 is 0 Å². The first-order chi connectivity index (χ1) is 10.1. The normalized spacial score (nSPS) is 29.4. The van der Waals surface area contributed by atoms with Crippen molar-refractivity contribution in [3.63, 3.8) is 0 Å². The third-order valence-electron chi connectivity index (χ3n) is 4.82. The molecule has 2 rings (SSSR count). The highest BCUT2D eigenvalue weighted by atomic mass is 16.5. The fourth-order valence-electron chi connectivity index (χ4n) is 3.74. The summed E-state index contributed by atoms with van der Waals surface area (Å²) in [6, 6.07) is -0.753. The minimum Gasteiger partial charge on any atom is -0.383 e. The van der Waals surface area contributed by atoms with Crippen LogP contribution in [0, 0.1) is 5.92 Å². The number of methoxy groups -OCH3 is 1. The van der Waals surface area contributed by atoms with Gasteiger partial charge in [-0.25, -0.2) is 0 Å². The van der Waals surface area contributed by atoms with Gasteiger partial charge in [-0.3, -0.25) is 9.59 Å². The quantitative estimate of drug-likeness (QED) is 0.840. The average molecular weight is 296 g/mol. The summed E-state index contributed by atoms with van der Waals surface area (Å²) in [6.07, 6.45) is 6.28. The van der Waals surface area contributed by atoms with Crippen molar-refractivity contribution in [2.75, 3.05) is 13.7 Å². The summed E-state index contributed by atoms with van der Waals surface area (Å²) in [5, 5.41) is 2.92. The van der Waals surface area contributed by atoms with Crippen LogP contribution in [0.2, 0.25) is 0 Å². The van der Waals surface area contributed by atoms with Crippen LogP contribution >= 0.6 is 0 Å². The summed E-state index contributed by atoms with van der Waals surface area (Å²) < 4.78 is 5.22. The van der Waals surface area contributed by atoms with E-state index >= 15 is 0 Å². The van der Waals surface area contributed by atoms with E-state index in [1.165, 1.54) is 6.42 Å². The van der Waals surface area contributed by atoms with Crippen molar-refractivity contribution in [3.05, 3.63) is 0 Å². The van der Waals surface area contributed by atoms with Gasteiger partial charge in [0.25, 0.3) is 0 Å². The molecular formula is C16H28N2O3. The molecule has 120 valence electrons. The molecule has 1 aliphatic heterocycles. The van der Waals surface area contributed by atoms with Gasteiger partial charge in [0.05, 0.1) is 12.6 Å². The molecule has 2 aliphatic rings. The second-order valence-corrected chi connectivity index (χ2v) is 6.36. The minimum absolute atomic E-state index is 0.0244. The van der Waals surface area contributed by atoms with E-state index in [0.717, 1.165) is 25.7 Å². The Morgan fingerprint density at radius 3 is 2.52 bits per heavy atom. The van der Waals surface area contributed by atoms with Gasteiger partial charge in [0.15, 0.2) is 0 Å². The molecule has 3 atom stereocenters. The lowest BCUT2D eigenvalue weighted by Crippen LogP contribution is -2.67. The lowest BCUT2D eigenvalue weighted by atomic mass is 9.81. The largest absolute Gasteiger partial charge is 0.383 e. The lowest BCUT2D eigenvalue weighted by molar-refractivity contribution is -0.156. The van der Waals surface area contributed by atoms with Gasteiger partial charge in [-0.2, -0.15) is 0 Å². The zero-order valence-electron chi connectivity index (χ0n) is 13.4. The molecule has 2 fully saturated rings. The monoisotopic (exact) mass is 296 g/mol. The average Bonchev–Trinajstić information content (AvgIpc) is 2.49. The SMILES string of the molecule is CCC1NC(=O)C(C2CCCCC2)N(C(C)COC)C1=O. The smallest absolute Gasteiger partial charge is 0.246 e. The second-order valence-electron chi connectivity index (χ2n) is 6.36. The number of hydrogen-bond acceptors (Lipinski definition) is 3. The van der Waals surface area contributed by atoms with Crippen LogP contribution in [0.5, 0.6) is 0 Å². The maximum Gasteiger partial charge on any atom is 0.246 e. The van der Waals surface area contributed by atoms with Crippen molar-refractivity contribution in [2.24, 2.45) is 5.92 Å². The first-order valence-corrected chi connectivity index (χ1v) is 8.21. The highest BCUT2D eigenvalue weighted by Crippen LogP contribution is 2.32. The predicted octanol–water partition coefficient (Wildman–Crippen LogP) is 1.71. The zero-order valence-corrected chi connectivity index (χ0v) is 13.4. The molecule has 0 spiro atoms. The van der Waals surface area contributed by atoms with Gasteiger partial charge in [0, 0.05) is 7.11 Å². The number of piperazine rings is 1. The van der Waals surface area contributed by atoms with Crippen LogP contribution < -0.4 is 5.32 Å². The Hall–Kier alpha value is -1.10. The number of carbonyl (C=O) groups is 2. The Balaban J connectivity index is 2.24. The Bertz CT molecular complexity index is 380. The topological polar surface area (TPSA) is 58.6 Å². The van der Waals surface area contributed by atoms with Crippen LogP contribution in [0.3, 0.4) is 0 Å². The fourth-order valence-corrected chi connectivity index (χ4v) is 3.74. The Morgan fingerprint density at radius 2 is 1.95 bits per heavy atom. The van der Waals surface area contributed by atoms with E-state index in [1.807, 2.05) is 18.7 Å². The molecule has 1 saturated heterocycles. The third-order valence-corrected chi connectivity index (χ3v) is 4.82. The molecule has 5 heteroatoms.